The highest BCUT2D eigenvalue weighted by molar-refractivity contribution is 6.06. The smallest absolute Gasteiger partial charge is 0.326 e. The molecule has 0 aliphatic rings. The van der Waals surface area contributed by atoms with Gasteiger partial charge in [-0.2, -0.15) is 13.2 Å². The van der Waals surface area contributed by atoms with E-state index in [0.717, 1.165) is 12.1 Å². The lowest BCUT2D eigenvalue weighted by atomic mass is 9.95. The first kappa shape index (κ1) is 19.5. The molecule has 0 unspecified atom stereocenters. The summed E-state index contributed by atoms with van der Waals surface area (Å²) in [5.74, 6) is -1.10. The van der Waals surface area contributed by atoms with E-state index in [2.05, 4.69) is 10.6 Å². The standard InChI is InChI=1S/C19H19F3N2O2/c1-18(2,3)17(26)24-13-8-6-7-12(11-13)23-16(25)14-9-4-5-10-15(14)19(20,21)22/h4-11H,1-3H3,(H,23,25)(H,24,26). The zero-order chi connectivity index (χ0) is 19.5. The van der Waals surface area contributed by atoms with E-state index in [9.17, 15) is 22.8 Å². The molecule has 0 fully saturated rings. The fraction of sp³-hybridized carbons (Fsp3) is 0.263. The molecule has 0 aromatic heterocycles. The van der Waals surface area contributed by atoms with Gasteiger partial charge in [-0.1, -0.05) is 39.0 Å². The minimum atomic E-state index is -4.63. The monoisotopic (exact) mass is 364 g/mol. The third kappa shape index (κ3) is 4.84. The lowest BCUT2D eigenvalue weighted by Crippen LogP contribution is -2.27. The van der Waals surface area contributed by atoms with Crippen molar-refractivity contribution in [1.29, 1.82) is 0 Å². The zero-order valence-electron chi connectivity index (χ0n) is 14.6. The van der Waals surface area contributed by atoms with Gasteiger partial charge in [-0.15, -0.1) is 0 Å². The second-order valence-corrected chi connectivity index (χ2v) is 6.78. The summed E-state index contributed by atoms with van der Waals surface area (Å²) in [6.07, 6.45) is -4.63. The number of carbonyl (C=O) groups is 2. The summed E-state index contributed by atoms with van der Waals surface area (Å²) in [5.41, 5.74) is -1.37. The molecule has 0 saturated heterocycles. The molecular formula is C19H19F3N2O2. The van der Waals surface area contributed by atoms with Crippen LogP contribution < -0.4 is 10.6 Å². The third-order valence-electron chi connectivity index (χ3n) is 3.54. The van der Waals surface area contributed by atoms with E-state index in [1.54, 1.807) is 32.9 Å². The molecule has 0 atom stereocenters. The van der Waals surface area contributed by atoms with Crippen molar-refractivity contribution in [2.75, 3.05) is 10.6 Å². The minimum Gasteiger partial charge on any atom is -0.326 e. The van der Waals surface area contributed by atoms with Gasteiger partial charge in [0.1, 0.15) is 0 Å². The maximum atomic E-state index is 13.0. The number of nitrogens with one attached hydrogen (secondary N) is 2. The highest BCUT2D eigenvalue weighted by Crippen LogP contribution is 2.32. The molecule has 2 N–H and O–H groups in total. The van der Waals surface area contributed by atoms with Crippen molar-refractivity contribution in [1.82, 2.24) is 0 Å². The Hall–Kier alpha value is -2.83. The lowest BCUT2D eigenvalue weighted by molar-refractivity contribution is -0.137. The molecule has 2 amide bonds. The van der Waals surface area contributed by atoms with Gasteiger partial charge in [0.2, 0.25) is 5.91 Å². The number of anilines is 2. The highest BCUT2D eigenvalue weighted by atomic mass is 19.4. The van der Waals surface area contributed by atoms with Crippen LogP contribution in [0.25, 0.3) is 0 Å². The summed E-state index contributed by atoms with van der Waals surface area (Å²) >= 11 is 0. The van der Waals surface area contributed by atoms with Crippen LogP contribution in [0.2, 0.25) is 0 Å². The van der Waals surface area contributed by atoms with Crippen LogP contribution in [0.1, 0.15) is 36.7 Å². The Bertz CT molecular complexity index is 824. The average Bonchev–Trinajstić information content (AvgIpc) is 2.53. The van der Waals surface area contributed by atoms with Gasteiger partial charge in [0.05, 0.1) is 11.1 Å². The summed E-state index contributed by atoms with van der Waals surface area (Å²) < 4.78 is 39.1. The van der Waals surface area contributed by atoms with Crippen LogP contribution in [0.15, 0.2) is 48.5 Å². The molecule has 0 heterocycles. The molecule has 0 aliphatic carbocycles. The first-order chi connectivity index (χ1) is 12.0. The quantitative estimate of drug-likeness (QED) is 0.810. The fourth-order valence-electron chi connectivity index (χ4n) is 2.12. The number of rotatable bonds is 3. The van der Waals surface area contributed by atoms with Gasteiger partial charge in [-0.3, -0.25) is 9.59 Å². The molecule has 0 bridgehead atoms. The van der Waals surface area contributed by atoms with Gasteiger partial charge in [0.25, 0.3) is 5.91 Å². The van der Waals surface area contributed by atoms with Crippen molar-refractivity contribution < 1.29 is 22.8 Å². The van der Waals surface area contributed by atoms with E-state index in [1.165, 1.54) is 24.3 Å². The molecule has 0 radical (unpaired) electrons. The van der Waals surface area contributed by atoms with Crippen molar-refractivity contribution in [3.05, 3.63) is 59.7 Å². The largest absolute Gasteiger partial charge is 0.417 e. The van der Waals surface area contributed by atoms with E-state index >= 15 is 0 Å². The van der Waals surface area contributed by atoms with Crippen LogP contribution >= 0.6 is 0 Å². The Labute approximate surface area is 149 Å². The van der Waals surface area contributed by atoms with Crippen molar-refractivity contribution in [3.63, 3.8) is 0 Å². The Morgan fingerprint density at radius 3 is 2.00 bits per heavy atom. The predicted octanol–water partition coefficient (Wildman–Crippen LogP) is 4.94. The van der Waals surface area contributed by atoms with Gasteiger partial charge in [0, 0.05) is 16.8 Å². The van der Waals surface area contributed by atoms with Gasteiger partial charge in [0.15, 0.2) is 0 Å². The number of carbonyl (C=O) groups excluding carboxylic acids is 2. The van der Waals surface area contributed by atoms with Gasteiger partial charge in [-0.25, -0.2) is 0 Å². The SMILES string of the molecule is CC(C)(C)C(=O)Nc1cccc(NC(=O)c2ccccc2C(F)(F)F)c1. The van der Waals surface area contributed by atoms with Crippen LogP contribution in [0.5, 0.6) is 0 Å². The number of hydrogen-bond donors (Lipinski definition) is 2. The van der Waals surface area contributed by atoms with Crippen molar-refractivity contribution in [2.45, 2.75) is 26.9 Å². The molecule has 138 valence electrons. The Balaban J connectivity index is 2.21. The summed E-state index contributed by atoms with van der Waals surface area (Å²) in [6, 6.07) is 10.8. The Morgan fingerprint density at radius 2 is 1.42 bits per heavy atom. The average molecular weight is 364 g/mol. The van der Waals surface area contributed by atoms with Crippen LogP contribution in [0, 0.1) is 5.41 Å². The molecular weight excluding hydrogens is 345 g/mol. The Kier molecular flexibility index (Phi) is 5.39. The minimum absolute atomic E-state index is 0.219. The predicted molar refractivity (Wildman–Crippen MR) is 93.9 cm³/mol. The molecule has 2 aromatic carbocycles. The summed E-state index contributed by atoms with van der Waals surface area (Å²) in [4.78, 5) is 24.3. The summed E-state index contributed by atoms with van der Waals surface area (Å²) in [5, 5.41) is 5.13. The van der Waals surface area contributed by atoms with Crippen LogP contribution in [0.4, 0.5) is 24.5 Å². The highest BCUT2D eigenvalue weighted by Gasteiger charge is 2.34. The van der Waals surface area contributed by atoms with E-state index in [0.29, 0.717) is 5.69 Å². The molecule has 4 nitrogen and oxygen atoms in total. The van der Waals surface area contributed by atoms with E-state index < -0.39 is 28.6 Å². The van der Waals surface area contributed by atoms with E-state index in [-0.39, 0.29) is 11.6 Å². The second kappa shape index (κ2) is 7.19. The van der Waals surface area contributed by atoms with Crippen molar-refractivity contribution in [3.8, 4) is 0 Å². The maximum absolute atomic E-state index is 13.0. The zero-order valence-corrected chi connectivity index (χ0v) is 14.6. The van der Waals surface area contributed by atoms with E-state index in [1.807, 2.05) is 0 Å². The molecule has 2 aromatic rings. The number of halogens is 3. The molecule has 0 aliphatic heterocycles. The molecule has 2 rings (SSSR count). The molecule has 0 spiro atoms. The Morgan fingerprint density at radius 1 is 0.846 bits per heavy atom. The molecule has 7 heteroatoms. The van der Waals surface area contributed by atoms with Gasteiger partial charge >= 0.3 is 6.18 Å². The first-order valence-corrected chi connectivity index (χ1v) is 7.87. The van der Waals surface area contributed by atoms with E-state index in [4.69, 9.17) is 0 Å². The molecule has 0 saturated carbocycles. The van der Waals surface area contributed by atoms with Crippen LogP contribution in [0.3, 0.4) is 0 Å². The number of hydrogen-bond acceptors (Lipinski definition) is 2. The summed E-state index contributed by atoms with van der Waals surface area (Å²) in [6.45, 7) is 5.26. The fourth-order valence-corrected chi connectivity index (χ4v) is 2.12. The number of alkyl halides is 3. The topological polar surface area (TPSA) is 58.2 Å². The number of amides is 2. The van der Waals surface area contributed by atoms with Gasteiger partial charge < -0.3 is 10.6 Å². The lowest BCUT2D eigenvalue weighted by Gasteiger charge is -2.18. The first-order valence-electron chi connectivity index (χ1n) is 7.87. The van der Waals surface area contributed by atoms with Crippen LogP contribution in [-0.4, -0.2) is 11.8 Å². The maximum Gasteiger partial charge on any atom is 0.417 e. The summed E-state index contributed by atoms with van der Waals surface area (Å²) in [7, 11) is 0. The third-order valence-corrected chi connectivity index (χ3v) is 3.54. The van der Waals surface area contributed by atoms with Crippen molar-refractivity contribution in [2.24, 2.45) is 5.41 Å². The number of benzene rings is 2. The van der Waals surface area contributed by atoms with Gasteiger partial charge in [-0.05, 0) is 30.3 Å². The van der Waals surface area contributed by atoms with Crippen LogP contribution in [-0.2, 0) is 11.0 Å². The molecule has 26 heavy (non-hydrogen) atoms. The normalized spacial score (nSPS) is 11.8. The second-order valence-electron chi connectivity index (χ2n) is 6.78. The van der Waals surface area contributed by atoms with Crippen molar-refractivity contribution >= 4 is 23.2 Å².